The predicted octanol–water partition coefficient (Wildman–Crippen LogP) is 4.10. The molecular formula is C17H14F3N3. The van der Waals surface area contributed by atoms with Crippen molar-refractivity contribution in [2.24, 2.45) is 0 Å². The van der Waals surface area contributed by atoms with Gasteiger partial charge in [0, 0.05) is 6.54 Å². The summed E-state index contributed by atoms with van der Waals surface area (Å²) in [6.07, 6.45) is -3.82. The molecular weight excluding hydrogens is 303 g/mol. The summed E-state index contributed by atoms with van der Waals surface area (Å²) in [5, 5.41) is 9.23. The molecule has 1 unspecified atom stereocenters. The second kappa shape index (κ2) is 5.58. The van der Waals surface area contributed by atoms with Crippen LogP contribution in [0.15, 0.2) is 36.4 Å². The number of benzene rings is 1. The van der Waals surface area contributed by atoms with Crippen LogP contribution in [0, 0.1) is 11.3 Å². The first-order valence-electron chi connectivity index (χ1n) is 7.24. The average molecular weight is 317 g/mol. The molecule has 3 nitrogen and oxygen atoms in total. The van der Waals surface area contributed by atoms with Gasteiger partial charge in [-0.25, -0.2) is 4.98 Å². The highest BCUT2D eigenvalue weighted by Crippen LogP contribution is 2.36. The van der Waals surface area contributed by atoms with E-state index in [1.54, 1.807) is 4.90 Å². The van der Waals surface area contributed by atoms with Gasteiger partial charge in [0.25, 0.3) is 0 Å². The molecule has 1 aromatic heterocycles. The lowest BCUT2D eigenvalue weighted by molar-refractivity contribution is -0.141. The molecule has 0 radical (unpaired) electrons. The van der Waals surface area contributed by atoms with Crippen LogP contribution in [-0.4, -0.2) is 11.5 Å². The number of aromatic nitrogens is 1. The van der Waals surface area contributed by atoms with Crippen molar-refractivity contribution >= 4 is 5.82 Å². The van der Waals surface area contributed by atoms with Crippen LogP contribution in [-0.2, 0) is 12.6 Å². The fourth-order valence-electron chi connectivity index (χ4n) is 2.97. The van der Waals surface area contributed by atoms with Crippen molar-refractivity contribution in [3.05, 3.63) is 58.8 Å². The van der Waals surface area contributed by atoms with E-state index in [9.17, 15) is 18.4 Å². The van der Waals surface area contributed by atoms with Crippen molar-refractivity contribution in [1.29, 1.82) is 5.26 Å². The third-order valence-electron chi connectivity index (χ3n) is 4.15. The van der Waals surface area contributed by atoms with Crippen molar-refractivity contribution in [2.75, 3.05) is 11.4 Å². The van der Waals surface area contributed by atoms with E-state index in [2.05, 4.69) is 4.98 Å². The quantitative estimate of drug-likeness (QED) is 0.795. The Bertz CT molecular complexity index is 777. The van der Waals surface area contributed by atoms with E-state index in [-0.39, 0.29) is 17.4 Å². The van der Waals surface area contributed by atoms with Crippen molar-refractivity contribution in [1.82, 2.24) is 4.98 Å². The molecule has 118 valence electrons. The Morgan fingerprint density at radius 1 is 1.22 bits per heavy atom. The SMILES string of the molecule is CC1c2ccccc2CCN1c1nc(C(F)(F)F)ccc1C#N. The number of hydrogen-bond donors (Lipinski definition) is 0. The molecule has 1 atom stereocenters. The average Bonchev–Trinajstić information content (AvgIpc) is 2.54. The van der Waals surface area contributed by atoms with Crippen LogP contribution < -0.4 is 4.90 Å². The van der Waals surface area contributed by atoms with E-state index in [0.717, 1.165) is 11.6 Å². The van der Waals surface area contributed by atoms with Crippen molar-refractivity contribution in [3.63, 3.8) is 0 Å². The van der Waals surface area contributed by atoms with Gasteiger partial charge in [0.1, 0.15) is 17.6 Å². The van der Waals surface area contributed by atoms with Gasteiger partial charge in [0.2, 0.25) is 0 Å². The van der Waals surface area contributed by atoms with E-state index >= 15 is 0 Å². The summed E-state index contributed by atoms with van der Waals surface area (Å²) in [7, 11) is 0. The van der Waals surface area contributed by atoms with E-state index in [1.165, 1.54) is 11.6 Å². The Hall–Kier alpha value is -2.55. The fourth-order valence-corrected chi connectivity index (χ4v) is 2.97. The van der Waals surface area contributed by atoms with Crippen LogP contribution in [0.3, 0.4) is 0 Å². The summed E-state index contributed by atoms with van der Waals surface area (Å²) in [5.74, 6) is 0.101. The molecule has 3 rings (SSSR count). The van der Waals surface area contributed by atoms with Gasteiger partial charge in [0.15, 0.2) is 0 Å². The second-order valence-electron chi connectivity index (χ2n) is 5.50. The molecule has 2 heterocycles. The maximum absolute atomic E-state index is 12.9. The van der Waals surface area contributed by atoms with Gasteiger partial charge in [-0.1, -0.05) is 24.3 Å². The maximum Gasteiger partial charge on any atom is 0.433 e. The molecule has 0 aliphatic carbocycles. The second-order valence-corrected chi connectivity index (χ2v) is 5.50. The molecule has 0 amide bonds. The topological polar surface area (TPSA) is 39.9 Å². The normalized spacial score (nSPS) is 17.5. The van der Waals surface area contributed by atoms with Gasteiger partial charge in [-0.3, -0.25) is 0 Å². The van der Waals surface area contributed by atoms with Crippen LogP contribution in [0.5, 0.6) is 0 Å². The number of nitrogens with zero attached hydrogens (tertiary/aromatic N) is 3. The molecule has 0 bridgehead atoms. The first kappa shape index (κ1) is 15.3. The molecule has 1 aliphatic heterocycles. The third-order valence-corrected chi connectivity index (χ3v) is 4.15. The molecule has 0 fully saturated rings. The van der Waals surface area contributed by atoms with Crippen LogP contribution in [0.2, 0.25) is 0 Å². The Morgan fingerprint density at radius 3 is 2.65 bits per heavy atom. The molecule has 23 heavy (non-hydrogen) atoms. The molecule has 0 spiro atoms. The van der Waals surface area contributed by atoms with Gasteiger partial charge < -0.3 is 4.90 Å². The van der Waals surface area contributed by atoms with E-state index < -0.39 is 11.9 Å². The zero-order valence-electron chi connectivity index (χ0n) is 12.4. The molecule has 0 N–H and O–H groups in total. The fraction of sp³-hybridized carbons (Fsp3) is 0.294. The number of nitriles is 1. The minimum atomic E-state index is -4.53. The lowest BCUT2D eigenvalue weighted by Gasteiger charge is -2.36. The van der Waals surface area contributed by atoms with Gasteiger partial charge in [-0.2, -0.15) is 18.4 Å². The molecule has 2 aromatic rings. The van der Waals surface area contributed by atoms with E-state index in [1.807, 2.05) is 37.3 Å². The first-order valence-corrected chi connectivity index (χ1v) is 7.24. The third kappa shape index (κ3) is 2.74. The summed E-state index contributed by atoms with van der Waals surface area (Å²) >= 11 is 0. The van der Waals surface area contributed by atoms with Gasteiger partial charge >= 0.3 is 6.18 Å². The number of pyridine rings is 1. The zero-order chi connectivity index (χ0) is 16.6. The zero-order valence-corrected chi connectivity index (χ0v) is 12.4. The number of halogens is 3. The van der Waals surface area contributed by atoms with Crippen molar-refractivity contribution in [3.8, 4) is 6.07 Å². The van der Waals surface area contributed by atoms with Crippen molar-refractivity contribution < 1.29 is 13.2 Å². The van der Waals surface area contributed by atoms with E-state index in [0.29, 0.717) is 13.0 Å². The van der Waals surface area contributed by atoms with Crippen molar-refractivity contribution in [2.45, 2.75) is 25.6 Å². The van der Waals surface area contributed by atoms with Crippen LogP contribution >= 0.6 is 0 Å². The summed E-state index contributed by atoms with van der Waals surface area (Å²) in [4.78, 5) is 5.51. The maximum atomic E-state index is 12.9. The lowest BCUT2D eigenvalue weighted by atomic mass is 9.93. The highest BCUT2D eigenvalue weighted by Gasteiger charge is 2.35. The summed E-state index contributed by atoms with van der Waals surface area (Å²) in [5.41, 5.74) is 1.42. The summed E-state index contributed by atoms with van der Waals surface area (Å²) in [6.45, 7) is 2.45. The Kier molecular flexibility index (Phi) is 3.72. The highest BCUT2D eigenvalue weighted by molar-refractivity contribution is 5.57. The van der Waals surface area contributed by atoms with Crippen LogP contribution in [0.4, 0.5) is 19.0 Å². The number of anilines is 1. The van der Waals surface area contributed by atoms with Crippen LogP contribution in [0.25, 0.3) is 0 Å². The first-order chi connectivity index (χ1) is 10.9. The van der Waals surface area contributed by atoms with Gasteiger partial charge in [-0.15, -0.1) is 0 Å². The number of rotatable bonds is 1. The smallest absolute Gasteiger partial charge is 0.348 e. The molecule has 1 aliphatic rings. The standard InChI is InChI=1S/C17H14F3N3/c1-11-14-5-3-2-4-12(14)8-9-23(11)16-13(10-21)6-7-15(22-16)17(18,19)20/h2-7,11H,8-9H2,1H3. The van der Waals surface area contributed by atoms with Crippen LogP contribution in [0.1, 0.15) is 35.3 Å². The minimum Gasteiger partial charge on any atom is -0.348 e. The Labute approximate surface area is 132 Å². The monoisotopic (exact) mass is 317 g/mol. The molecule has 1 aromatic carbocycles. The highest BCUT2D eigenvalue weighted by atomic mass is 19.4. The minimum absolute atomic E-state index is 0.101. The molecule has 0 saturated carbocycles. The number of fused-ring (bicyclic) bond motifs is 1. The van der Waals surface area contributed by atoms with Gasteiger partial charge in [-0.05, 0) is 36.6 Å². The van der Waals surface area contributed by atoms with Gasteiger partial charge in [0.05, 0.1) is 11.6 Å². The van der Waals surface area contributed by atoms with E-state index in [4.69, 9.17) is 0 Å². The molecule has 6 heteroatoms. The molecule has 0 saturated heterocycles. The number of alkyl halides is 3. The number of hydrogen-bond acceptors (Lipinski definition) is 3. The predicted molar refractivity (Wildman–Crippen MR) is 79.9 cm³/mol. The largest absolute Gasteiger partial charge is 0.433 e. The Morgan fingerprint density at radius 2 is 1.96 bits per heavy atom. The summed E-state index contributed by atoms with van der Waals surface area (Å²) in [6, 6.07) is 11.7. The Balaban J connectivity index is 2.07. The summed E-state index contributed by atoms with van der Waals surface area (Å²) < 4.78 is 38.8. The lowest BCUT2D eigenvalue weighted by Crippen LogP contribution is -2.35.